The number of hydrogen-bond donors (Lipinski definition) is 3. The van der Waals surface area contributed by atoms with Crippen molar-refractivity contribution in [2.45, 2.75) is 32.2 Å². The summed E-state index contributed by atoms with van der Waals surface area (Å²) in [6.07, 6.45) is 2.03. The van der Waals surface area contributed by atoms with Crippen LogP contribution in [0.25, 0.3) is 0 Å². The fourth-order valence-corrected chi connectivity index (χ4v) is 2.70. The molecule has 1 unspecified atom stereocenters. The van der Waals surface area contributed by atoms with Crippen molar-refractivity contribution in [1.29, 1.82) is 0 Å². The van der Waals surface area contributed by atoms with E-state index in [1.807, 2.05) is 6.07 Å². The van der Waals surface area contributed by atoms with E-state index in [9.17, 15) is 14.4 Å². The lowest BCUT2D eigenvalue weighted by Gasteiger charge is -2.14. The molecule has 1 aliphatic carbocycles. The van der Waals surface area contributed by atoms with Crippen molar-refractivity contribution in [3.8, 4) is 0 Å². The van der Waals surface area contributed by atoms with Crippen LogP contribution in [-0.2, 0) is 9.59 Å². The van der Waals surface area contributed by atoms with Gasteiger partial charge in [0.25, 0.3) is 5.91 Å². The molecule has 3 N–H and O–H groups in total. The maximum atomic E-state index is 12.2. The van der Waals surface area contributed by atoms with Gasteiger partial charge in [0.15, 0.2) is 0 Å². The minimum absolute atomic E-state index is 0.0238. The van der Waals surface area contributed by atoms with Crippen LogP contribution in [0.3, 0.4) is 0 Å². The topological polar surface area (TPSA) is 87.3 Å². The summed E-state index contributed by atoms with van der Waals surface area (Å²) in [5.74, 6) is -0.268. The zero-order valence-corrected chi connectivity index (χ0v) is 15.2. The van der Waals surface area contributed by atoms with Gasteiger partial charge in [-0.15, -0.1) is 0 Å². The van der Waals surface area contributed by atoms with Crippen molar-refractivity contribution in [3.63, 3.8) is 0 Å². The molecule has 140 valence electrons. The normalized spacial score (nSPS) is 14.1. The molecule has 0 heterocycles. The number of benzene rings is 2. The summed E-state index contributed by atoms with van der Waals surface area (Å²) in [5.41, 5.74) is 1.83. The summed E-state index contributed by atoms with van der Waals surface area (Å²) >= 11 is 0. The third-order valence-corrected chi connectivity index (χ3v) is 4.27. The number of hydrogen-bond acceptors (Lipinski definition) is 3. The number of anilines is 2. The molecule has 0 aromatic heterocycles. The first-order valence-corrected chi connectivity index (χ1v) is 9.08. The van der Waals surface area contributed by atoms with E-state index in [0.29, 0.717) is 16.9 Å². The van der Waals surface area contributed by atoms with Crippen LogP contribution in [0.2, 0.25) is 0 Å². The fraction of sp³-hybridized carbons (Fsp3) is 0.286. The first-order chi connectivity index (χ1) is 13.0. The lowest BCUT2D eigenvalue weighted by Crippen LogP contribution is -2.35. The van der Waals surface area contributed by atoms with Gasteiger partial charge in [-0.1, -0.05) is 24.3 Å². The molecule has 1 fully saturated rings. The Balaban J connectivity index is 1.49. The SMILES string of the molecule is CC(CC(=O)Nc1cccc(NC(=O)C2CC2)c1)NC(=O)c1ccccc1. The van der Waals surface area contributed by atoms with E-state index in [0.717, 1.165) is 12.8 Å². The molecule has 3 rings (SSSR count). The van der Waals surface area contributed by atoms with Gasteiger partial charge in [0.1, 0.15) is 0 Å². The Morgan fingerprint density at radius 2 is 1.63 bits per heavy atom. The molecule has 6 heteroatoms. The van der Waals surface area contributed by atoms with Crippen molar-refractivity contribution in [2.24, 2.45) is 5.92 Å². The highest BCUT2D eigenvalue weighted by atomic mass is 16.2. The Morgan fingerprint density at radius 3 is 2.30 bits per heavy atom. The number of carbonyl (C=O) groups excluding carboxylic acids is 3. The molecule has 6 nitrogen and oxygen atoms in total. The average molecular weight is 365 g/mol. The first kappa shape index (κ1) is 18.6. The highest BCUT2D eigenvalue weighted by Gasteiger charge is 2.29. The van der Waals surface area contributed by atoms with E-state index < -0.39 is 0 Å². The lowest BCUT2D eigenvalue weighted by atomic mass is 10.1. The molecular formula is C21H23N3O3. The number of amides is 3. The molecule has 0 bridgehead atoms. The standard InChI is InChI=1S/C21H23N3O3/c1-14(22-20(26)15-6-3-2-4-7-15)12-19(25)23-17-8-5-9-18(13-17)24-21(27)16-10-11-16/h2-9,13-14,16H,10-12H2,1H3,(H,22,26)(H,23,25)(H,24,27). The largest absolute Gasteiger partial charge is 0.349 e. The maximum Gasteiger partial charge on any atom is 0.251 e. The highest BCUT2D eigenvalue weighted by molar-refractivity contribution is 5.97. The third kappa shape index (κ3) is 5.67. The molecule has 2 aromatic carbocycles. The van der Waals surface area contributed by atoms with Gasteiger partial charge in [-0.3, -0.25) is 14.4 Å². The van der Waals surface area contributed by atoms with Crippen LogP contribution in [-0.4, -0.2) is 23.8 Å². The summed E-state index contributed by atoms with van der Waals surface area (Å²) in [6.45, 7) is 1.78. The molecule has 27 heavy (non-hydrogen) atoms. The zero-order valence-electron chi connectivity index (χ0n) is 15.2. The Morgan fingerprint density at radius 1 is 0.963 bits per heavy atom. The molecular weight excluding hydrogens is 342 g/mol. The molecule has 0 radical (unpaired) electrons. The highest BCUT2D eigenvalue weighted by Crippen LogP contribution is 2.30. The van der Waals surface area contributed by atoms with Crippen LogP contribution < -0.4 is 16.0 Å². The van der Waals surface area contributed by atoms with Crippen LogP contribution in [0.1, 0.15) is 36.5 Å². The van der Waals surface area contributed by atoms with Gasteiger partial charge in [-0.25, -0.2) is 0 Å². The second-order valence-corrected chi connectivity index (χ2v) is 6.84. The lowest BCUT2D eigenvalue weighted by molar-refractivity contribution is -0.117. The zero-order chi connectivity index (χ0) is 19.2. The van der Waals surface area contributed by atoms with E-state index in [2.05, 4.69) is 16.0 Å². The maximum absolute atomic E-state index is 12.2. The Kier molecular flexibility index (Phi) is 5.86. The summed E-state index contributed by atoms with van der Waals surface area (Å²) in [7, 11) is 0. The molecule has 3 amide bonds. The minimum atomic E-state index is -0.310. The molecule has 1 aliphatic rings. The van der Waals surface area contributed by atoms with Gasteiger partial charge in [0, 0.05) is 35.3 Å². The van der Waals surface area contributed by atoms with E-state index >= 15 is 0 Å². The van der Waals surface area contributed by atoms with Gasteiger partial charge in [0.05, 0.1) is 0 Å². The minimum Gasteiger partial charge on any atom is -0.349 e. The molecule has 0 saturated heterocycles. The number of nitrogens with one attached hydrogen (secondary N) is 3. The molecule has 1 atom stereocenters. The quantitative estimate of drug-likeness (QED) is 0.704. The predicted octanol–water partition coefficient (Wildman–Crippen LogP) is 3.18. The smallest absolute Gasteiger partial charge is 0.251 e. The van der Waals surface area contributed by atoms with Gasteiger partial charge >= 0.3 is 0 Å². The fourth-order valence-electron chi connectivity index (χ4n) is 2.70. The van der Waals surface area contributed by atoms with E-state index in [1.165, 1.54) is 0 Å². The second-order valence-electron chi connectivity index (χ2n) is 6.84. The summed E-state index contributed by atoms with van der Waals surface area (Å²) in [5, 5.41) is 8.47. The number of rotatable bonds is 7. The first-order valence-electron chi connectivity index (χ1n) is 9.08. The van der Waals surface area contributed by atoms with Gasteiger partial charge in [0.2, 0.25) is 11.8 Å². The van der Waals surface area contributed by atoms with Crippen molar-refractivity contribution < 1.29 is 14.4 Å². The van der Waals surface area contributed by atoms with Gasteiger partial charge < -0.3 is 16.0 Å². The van der Waals surface area contributed by atoms with Gasteiger partial charge in [-0.2, -0.15) is 0 Å². The molecule has 0 aliphatic heterocycles. The van der Waals surface area contributed by atoms with Gasteiger partial charge in [-0.05, 0) is 50.1 Å². The van der Waals surface area contributed by atoms with Crippen LogP contribution >= 0.6 is 0 Å². The predicted molar refractivity (Wildman–Crippen MR) is 104 cm³/mol. The monoisotopic (exact) mass is 365 g/mol. The summed E-state index contributed by atoms with van der Waals surface area (Å²) in [4.78, 5) is 36.2. The van der Waals surface area contributed by atoms with E-state index in [1.54, 1.807) is 55.5 Å². The average Bonchev–Trinajstić information content (AvgIpc) is 3.47. The summed E-state index contributed by atoms with van der Waals surface area (Å²) < 4.78 is 0. The second kappa shape index (κ2) is 8.49. The molecule has 2 aromatic rings. The van der Waals surface area contributed by atoms with Crippen LogP contribution in [0.5, 0.6) is 0 Å². The Labute approximate surface area is 158 Å². The molecule has 0 spiro atoms. The van der Waals surface area contributed by atoms with Crippen molar-refractivity contribution in [3.05, 3.63) is 60.2 Å². The number of carbonyl (C=O) groups is 3. The van der Waals surface area contributed by atoms with E-state index in [4.69, 9.17) is 0 Å². The van der Waals surface area contributed by atoms with Crippen molar-refractivity contribution in [1.82, 2.24) is 5.32 Å². The van der Waals surface area contributed by atoms with Crippen LogP contribution in [0, 0.1) is 5.92 Å². The van der Waals surface area contributed by atoms with Crippen LogP contribution in [0.15, 0.2) is 54.6 Å². The summed E-state index contributed by atoms with van der Waals surface area (Å²) in [6, 6.07) is 15.6. The van der Waals surface area contributed by atoms with Crippen molar-refractivity contribution >= 4 is 29.1 Å². The van der Waals surface area contributed by atoms with Crippen molar-refractivity contribution in [2.75, 3.05) is 10.6 Å². The Hall–Kier alpha value is -3.15. The van der Waals surface area contributed by atoms with E-state index in [-0.39, 0.29) is 36.1 Å². The third-order valence-electron chi connectivity index (χ3n) is 4.27. The van der Waals surface area contributed by atoms with Crippen LogP contribution in [0.4, 0.5) is 11.4 Å². The Bertz CT molecular complexity index is 832. The molecule has 1 saturated carbocycles.